The lowest BCUT2D eigenvalue weighted by atomic mass is 9.75. The van der Waals surface area contributed by atoms with Gasteiger partial charge in [-0.2, -0.15) is 0 Å². The van der Waals surface area contributed by atoms with E-state index < -0.39 is 0 Å². The summed E-state index contributed by atoms with van der Waals surface area (Å²) in [5, 5.41) is 0.302. The first-order chi connectivity index (χ1) is 6.97. The third kappa shape index (κ3) is 3.78. The number of halogens is 1. The van der Waals surface area contributed by atoms with Gasteiger partial charge in [0.25, 0.3) is 0 Å². The van der Waals surface area contributed by atoms with Crippen molar-refractivity contribution in [3.63, 3.8) is 0 Å². The Morgan fingerprint density at radius 1 is 1.47 bits per heavy atom. The van der Waals surface area contributed by atoms with Gasteiger partial charge in [-0.05, 0) is 44.4 Å². The first-order valence-electron chi connectivity index (χ1n) is 5.74. The number of ether oxygens (including phenoxy) is 1. The van der Waals surface area contributed by atoms with Crippen LogP contribution in [0, 0.1) is 11.8 Å². The SMILES string of the molecule is CC(C)C1CCC(C)(OC(=O)CBr)CC1. The minimum absolute atomic E-state index is 0.138. The van der Waals surface area contributed by atoms with Crippen molar-refractivity contribution < 1.29 is 9.53 Å². The lowest BCUT2D eigenvalue weighted by molar-refractivity contribution is -0.158. The molecule has 0 aromatic carbocycles. The number of rotatable bonds is 3. The van der Waals surface area contributed by atoms with E-state index in [1.807, 2.05) is 0 Å². The molecule has 0 heterocycles. The van der Waals surface area contributed by atoms with Crippen LogP contribution in [0.3, 0.4) is 0 Å². The molecule has 1 aliphatic rings. The predicted molar refractivity (Wildman–Crippen MR) is 65.1 cm³/mol. The van der Waals surface area contributed by atoms with Gasteiger partial charge in [-0.15, -0.1) is 0 Å². The van der Waals surface area contributed by atoms with Crippen molar-refractivity contribution >= 4 is 21.9 Å². The lowest BCUT2D eigenvalue weighted by Crippen LogP contribution is -2.37. The Hall–Kier alpha value is -0.0500. The van der Waals surface area contributed by atoms with Crippen LogP contribution in [0.2, 0.25) is 0 Å². The second-order valence-electron chi connectivity index (χ2n) is 5.14. The maximum absolute atomic E-state index is 11.2. The maximum Gasteiger partial charge on any atom is 0.317 e. The van der Waals surface area contributed by atoms with Gasteiger partial charge in [-0.1, -0.05) is 29.8 Å². The smallest absolute Gasteiger partial charge is 0.317 e. The molecule has 0 unspecified atom stereocenters. The van der Waals surface area contributed by atoms with Crippen LogP contribution in [0.1, 0.15) is 46.5 Å². The summed E-state index contributed by atoms with van der Waals surface area (Å²) in [6, 6.07) is 0. The highest BCUT2D eigenvalue weighted by Crippen LogP contribution is 2.37. The number of carbonyl (C=O) groups is 1. The zero-order valence-electron chi connectivity index (χ0n) is 9.88. The number of esters is 1. The number of alkyl halides is 1. The molecule has 0 aliphatic heterocycles. The summed E-state index contributed by atoms with van der Waals surface area (Å²) in [5.74, 6) is 1.42. The summed E-state index contributed by atoms with van der Waals surface area (Å²) in [6.07, 6.45) is 4.39. The van der Waals surface area contributed by atoms with Gasteiger partial charge in [0.15, 0.2) is 0 Å². The normalized spacial score (nSPS) is 31.7. The summed E-state index contributed by atoms with van der Waals surface area (Å²) < 4.78 is 5.47. The molecule has 0 amide bonds. The van der Waals surface area contributed by atoms with Gasteiger partial charge in [-0.3, -0.25) is 4.79 Å². The second-order valence-corrected chi connectivity index (χ2v) is 5.70. The van der Waals surface area contributed by atoms with Gasteiger partial charge >= 0.3 is 5.97 Å². The molecule has 0 atom stereocenters. The van der Waals surface area contributed by atoms with Crippen molar-refractivity contribution in [2.24, 2.45) is 11.8 Å². The average molecular weight is 277 g/mol. The lowest BCUT2D eigenvalue weighted by Gasteiger charge is -2.38. The molecule has 0 aromatic heterocycles. The first kappa shape index (κ1) is 13.0. The van der Waals surface area contributed by atoms with Crippen molar-refractivity contribution in [2.45, 2.75) is 52.1 Å². The Bertz CT molecular complexity index is 218. The standard InChI is InChI=1S/C12H21BrO2/c1-9(2)10-4-6-12(3,7-5-10)15-11(14)8-13/h9-10H,4-8H2,1-3H3. The largest absolute Gasteiger partial charge is 0.459 e. The van der Waals surface area contributed by atoms with E-state index in [1.54, 1.807) is 0 Å². The van der Waals surface area contributed by atoms with Crippen LogP contribution < -0.4 is 0 Å². The molecule has 15 heavy (non-hydrogen) atoms. The molecule has 1 aliphatic carbocycles. The highest BCUT2D eigenvalue weighted by molar-refractivity contribution is 9.09. The zero-order valence-corrected chi connectivity index (χ0v) is 11.5. The molecule has 0 N–H and O–H groups in total. The topological polar surface area (TPSA) is 26.3 Å². The summed E-state index contributed by atoms with van der Waals surface area (Å²) in [7, 11) is 0. The summed E-state index contributed by atoms with van der Waals surface area (Å²) in [4.78, 5) is 11.2. The van der Waals surface area contributed by atoms with Crippen LogP contribution in [-0.2, 0) is 9.53 Å². The molecular weight excluding hydrogens is 256 g/mol. The summed E-state index contributed by atoms with van der Waals surface area (Å²) >= 11 is 3.13. The molecule has 0 spiro atoms. The van der Waals surface area contributed by atoms with Gasteiger partial charge in [-0.25, -0.2) is 0 Å². The highest BCUT2D eigenvalue weighted by atomic mass is 79.9. The minimum Gasteiger partial charge on any atom is -0.459 e. The van der Waals surface area contributed by atoms with Gasteiger partial charge in [0.1, 0.15) is 10.9 Å². The molecule has 1 saturated carbocycles. The quantitative estimate of drug-likeness (QED) is 0.582. The van der Waals surface area contributed by atoms with E-state index in [1.165, 1.54) is 12.8 Å². The van der Waals surface area contributed by atoms with E-state index in [2.05, 4.69) is 36.7 Å². The average Bonchev–Trinajstić information content (AvgIpc) is 2.17. The van der Waals surface area contributed by atoms with Crippen LogP contribution in [0.5, 0.6) is 0 Å². The van der Waals surface area contributed by atoms with Gasteiger partial charge < -0.3 is 4.74 Å². The number of carbonyl (C=O) groups excluding carboxylic acids is 1. The van der Waals surface area contributed by atoms with Crippen molar-refractivity contribution in [3.8, 4) is 0 Å². The Morgan fingerprint density at radius 3 is 2.40 bits per heavy atom. The van der Waals surface area contributed by atoms with Gasteiger partial charge in [0, 0.05) is 0 Å². The summed E-state index contributed by atoms with van der Waals surface area (Å²) in [5.41, 5.74) is -0.212. The summed E-state index contributed by atoms with van der Waals surface area (Å²) in [6.45, 7) is 6.61. The van der Waals surface area contributed by atoms with Crippen LogP contribution >= 0.6 is 15.9 Å². The van der Waals surface area contributed by atoms with Crippen LogP contribution in [-0.4, -0.2) is 16.9 Å². The van der Waals surface area contributed by atoms with E-state index >= 15 is 0 Å². The van der Waals surface area contributed by atoms with E-state index in [0.717, 1.165) is 24.7 Å². The zero-order chi connectivity index (χ0) is 11.5. The minimum atomic E-state index is -0.212. The van der Waals surface area contributed by atoms with Crippen LogP contribution in [0.15, 0.2) is 0 Å². The highest BCUT2D eigenvalue weighted by Gasteiger charge is 2.34. The monoisotopic (exact) mass is 276 g/mol. The first-order valence-corrected chi connectivity index (χ1v) is 6.87. The van der Waals surface area contributed by atoms with E-state index in [9.17, 15) is 4.79 Å². The van der Waals surface area contributed by atoms with Crippen LogP contribution in [0.4, 0.5) is 0 Å². The fourth-order valence-corrected chi connectivity index (χ4v) is 2.44. The Morgan fingerprint density at radius 2 is 2.00 bits per heavy atom. The predicted octanol–water partition coefficient (Wildman–Crippen LogP) is 3.53. The maximum atomic E-state index is 11.2. The Balaban J connectivity index is 2.44. The second kappa shape index (κ2) is 5.33. The number of hydrogen-bond acceptors (Lipinski definition) is 2. The molecule has 1 fully saturated rings. The fraction of sp³-hybridized carbons (Fsp3) is 0.917. The van der Waals surface area contributed by atoms with Gasteiger partial charge in [0.2, 0.25) is 0 Å². The third-order valence-electron chi connectivity index (χ3n) is 3.50. The van der Waals surface area contributed by atoms with E-state index in [0.29, 0.717) is 5.33 Å². The van der Waals surface area contributed by atoms with E-state index in [-0.39, 0.29) is 11.6 Å². The third-order valence-corrected chi connectivity index (χ3v) is 3.96. The molecule has 3 heteroatoms. The molecule has 88 valence electrons. The van der Waals surface area contributed by atoms with Crippen molar-refractivity contribution in [2.75, 3.05) is 5.33 Å². The molecule has 2 nitrogen and oxygen atoms in total. The Kier molecular flexibility index (Phi) is 4.63. The van der Waals surface area contributed by atoms with Crippen molar-refractivity contribution in [1.29, 1.82) is 0 Å². The molecule has 1 rings (SSSR count). The molecule has 0 radical (unpaired) electrons. The number of hydrogen-bond donors (Lipinski definition) is 0. The molecular formula is C12H21BrO2. The van der Waals surface area contributed by atoms with Gasteiger partial charge in [0.05, 0.1) is 0 Å². The van der Waals surface area contributed by atoms with Crippen LogP contribution in [0.25, 0.3) is 0 Å². The molecule has 0 aromatic rings. The van der Waals surface area contributed by atoms with E-state index in [4.69, 9.17) is 4.74 Å². The van der Waals surface area contributed by atoms with Crippen molar-refractivity contribution in [1.82, 2.24) is 0 Å². The molecule has 0 bridgehead atoms. The fourth-order valence-electron chi connectivity index (χ4n) is 2.32. The molecule has 0 saturated heterocycles. The van der Waals surface area contributed by atoms with Crippen molar-refractivity contribution in [3.05, 3.63) is 0 Å². The Labute approximate surface area is 101 Å².